The van der Waals surface area contributed by atoms with Crippen LogP contribution in [-0.4, -0.2) is 30.0 Å². The van der Waals surface area contributed by atoms with Gasteiger partial charge in [-0.05, 0) is 12.1 Å². The van der Waals surface area contributed by atoms with Crippen LogP contribution in [0.25, 0.3) is 6.08 Å². The van der Waals surface area contributed by atoms with Crippen molar-refractivity contribution >= 4 is 6.08 Å². The van der Waals surface area contributed by atoms with Gasteiger partial charge in [0.1, 0.15) is 18.2 Å². The highest BCUT2D eigenvalue weighted by molar-refractivity contribution is 5.58. The fourth-order valence-electron chi connectivity index (χ4n) is 1.10. The molecule has 0 aliphatic rings. The fourth-order valence-corrected chi connectivity index (χ4v) is 1.10. The van der Waals surface area contributed by atoms with Gasteiger partial charge in [-0.25, -0.2) is 4.39 Å². The second kappa shape index (κ2) is 6.16. The summed E-state index contributed by atoms with van der Waals surface area (Å²) in [4.78, 5) is 0. The SMILES string of the molecule is OCCOc1ccccc1/C=C(\F)CO. The van der Waals surface area contributed by atoms with E-state index in [1.54, 1.807) is 24.3 Å². The Morgan fingerprint density at radius 3 is 2.73 bits per heavy atom. The largest absolute Gasteiger partial charge is 0.491 e. The van der Waals surface area contributed by atoms with Gasteiger partial charge < -0.3 is 14.9 Å². The van der Waals surface area contributed by atoms with Gasteiger partial charge in [0.2, 0.25) is 0 Å². The van der Waals surface area contributed by atoms with Crippen LogP contribution < -0.4 is 4.74 Å². The summed E-state index contributed by atoms with van der Waals surface area (Å²) in [5.41, 5.74) is 0.539. The van der Waals surface area contributed by atoms with Gasteiger partial charge in [-0.3, -0.25) is 0 Å². The Balaban J connectivity index is 2.86. The van der Waals surface area contributed by atoms with Gasteiger partial charge in [-0.2, -0.15) is 0 Å². The topological polar surface area (TPSA) is 49.7 Å². The Labute approximate surface area is 87.4 Å². The van der Waals surface area contributed by atoms with E-state index in [0.29, 0.717) is 11.3 Å². The summed E-state index contributed by atoms with van der Waals surface area (Å²) in [6.07, 6.45) is 1.20. The van der Waals surface area contributed by atoms with Crippen molar-refractivity contribution in [2.75, 3.05) is 19.8 Å². The number of rotatable bonds is 5. The Morgan fingerprint density at radius 1 is 1.33 bits per heavy atom. The molecule has 0 heterocycles. The van der Waals surface area contributed by atoms with Gasteiger partial charge in [0.25, 0.3) is 0 Å². The third kappa shape index (κ3) is 3.69. The summed E-state index contributed by atoms with van der Waals surface area (Å²) in [7, 11) is 0. The van der Waals surface area contributed by atoms with Crippen LogP contribution in [0.2, 0.25) is 0 Å². The standard InChI is InChI=1S/C11H13FO3/c12-10(8-14)7-9-3-1-2-4-11(9)15-6-5-13/h1-4,7,13-14H,5-6,8H2/b10-7-. The quantitative estimate of drug-likeness (QED) is 0.774. The van der Waals surface area contributed by atoms with Crippen LogP contribution in [0.3, 0.4) is 0 Å². The molecule has 2 N–H and O–H groups in total. The van der Waals surface area contributed by atoms with E-state index in [9.17, 15) is 4.39 Å². The Morgan fingerprint density at radius 2 is 2.07 bits per heavy atom. The van der Waals surface area contributed by atoms with Gasteiger partial charge in [0.15, 0.2) is 0 Å². The van der Waals surface area contributed by atoms with Gasteiger partial charge >= 0.3 is 0 Å². The predicted molar refractivity (Wildman–Crippen MR) is 55.2 cm³/mol. The molecule has 82 valence electrons. The molecule has 1 aromatic carbocycles. The molecule has 0 spiro atoms. The lowest BCUT2D eigenvalue weighted by Gasteiger charge is -2.07. The average molecular weight is 212 g/mol. The van der Waals surface area contributed by atoms with Crippen LogP contribution in [0.1, 0.15) is 5.56 Å². The first-order valence-corrected chi connectivity index (χ1v) is 4.57. The van der Waals surface area contributed by atoms with Crippen molar-refractivity contribution in [2.45, 2.75) is 0 Å². The zero-order valence-electron chi connectivity index (χ0n) is 8.19. The van der Waals surface area contributed by atoms with Gasteiger partial charge in [0, 0.05) is 5.56 Å². The lowest BCUT2D eigenvalue weighted by Crippen LogP contribution is -2.02. The molecule has 0 bridgehead atoms. The molecule has 0 saturated carbocycles. The van der Waals surface area contributed by atoms with Crippen molar-refractivity contribution in [3.8, 4) is 5.75 Å². The van der Waals surface area contributed by atoms with Crippen LogP contribution in [0.15, 0.2) is 30.1 Å². The maximum absolute atomic E-state index is 12.8. The summed E-state index contributed by atoms with van der Waals surface area (Å²) < 4.78 is 18.0. The molecule has 1 rings (SSSR count). The molecule has 0 amide bonds. The van der Waals surface area contributed by atoms with E-state index in [1.807, 2.05) is 0 Å². The molecular weight excluding hydrogens is 199 g/mol. The number of para-hydroxylation sites is 1. The Hall–Kier alpha value is -1.39. The molecule has 4 heteroatoms. The zero-order chi connectivity index (χ0) is 11.1. The highest BCUT2D eigenvalue weighted by atomic mass is 19.1. The first-order chi connectivity index (χ1) is 7.27. The number of aliphatic hydroxyl groups excluding tert-OH is 2. The lowest BCUT2D eigenvalue weighted by molar-refractivity contribution is 0.201. The molecule has 0 aliphatic heterocycles. The minimum atomic E-state index is -0.631. The minimum absolute atomic E-state index is 0.0967. The number of ether oxygens (including phenoxy) is 1. The third-order valence-electron chi connectivity index (χ3n) is 1.73. The second-order valence-corrected chi connectivity index (χ2v) is 2.86. The summed E-state index contributed by atoms with van der Waals surface area (Å²) in [5, 5.41) is 17.1. The van der Waals surface area contributed by atoms with E-state index >= 15 is 0 Å². The summed E-state index contributed by atoms with van der Waals surface area (Å²) in [6.45, 7) is -0.569. The smallest absolute Gasteiger partial charge is 0.126 e. The highest BCUT2D eigenvalue weighted by Crippen LogP contribution is 2.21. The molecule has 15 heavy (non-hydrogen) atoms. The van der Waals surface area contributed by atoms with Crippen molar-refractivity contribution < 1.29 is 19.3 Å². The lowest BCUT2D eigenvalue weighted by atomic mass is 10.2. The highest BCUT2D eigenvalue weighted by Gasteiger charge is 2.01. The van der Waals surface area contributed by atoms with Crippen molar-refractivity contribution in [1.82, 2.24) is 0 Å². The molecular formula is C11H13FO3. The Bertz CT molecular complexity index is 336. The van der Waals surface area contributed by atoms with Crippen LogP contribution in [0, 0.1) is 0 Å². The van der Waals surface area contributed by atoms with Crippen molar-refractivity contribution in [3.63, 3.8) is 0 Å². The van der Waals surface area contributed by atoms with E-state index in [2.05, 4.69) is 0 Å². The van der Waals surface area contributed by atoms with E-state index in [-0.39, 0.29) is 13.2 Å². The van der Waals surface area contributed by atoms with Crippen molar-refractivity contribution in [3.05, 3.63) is 35.7 Å². The first-order valence-electron chi connectivity index (χ1n) is 4.57. The second-order valence-electron chi connectivity index (χ2n) is 2.86. The van der Waals surface area contributed by atoms with Crippen LogP contribution in [0.4, 0.5) is 4.39 Å². The first kappa shape index (κ1) is 11.7. The Kier molecular flexibility index (Phi) is 4.80. The van der Waals surface area contributed by atoms with Crippen molar-refractivity contribution in [1.29, 1.82) is 0 Å². The number of benzene rings is 1. The molecule has 0 fully saturated rings. The molecule has 1 aromatic rings. The van der Waals surface area contributed by atoms with E-state index in [1.165, 1.54) is 6.08 Å². The molecule has 0 radical (unpaired) electrons. The predicted octanol–water partition coefficient (Wildman–Crippen LogP) is 1.36. The van der Waals surface area contributed by atoms with Gasteiger partial charge in [0.05, 0.1) is 13.2 Å². The van der Waals surface area contributed by atoms with Crippen LogP contribution in [0.5, 0.6) is 5.75 Å². The maximum Gasteiger partial charge on any atom is 0.126 e. The van der Waals surface area contributed by atoms with E-state index in [4.69, 9.17) is 14.9 Å². The number of hydrogen-bond acceptors (Lipinski definition) is 3. The summed E-state index contributed by atoms with van der Waals surface area (Å²) in [5.74, 6) is -0.148. The molecule has 0 unspecified atom stereocenters. The molecule has 0 aromatic heterocycles. The average Bonchev–Trinajstić information content (AvgIpc) is 2.28. The number of hydrogen-bond donors (Lipinski definition) is 2. The van der Waals surface area contributed by atoms with E-state index < -0.39 is 12.4 Å². The fraction of sp³-hybridized carbons (Fsp3) is 0.273. The number of aliphatic hydroxyl groups is 2. The minimum Gasteiger partial charge on any atom is -0.491 e. The zero-order valence-corrected chi connectivity index (χ0v) is 8.19. The molecule has 0 atom stereocenters. The normalized spacial score (nSPS) is 11.5. The maximum atomic E-state index is 12.8. The summed E-state index contributed by atoms with van der Waals surface area (Å²) >= 11 is 0. The van der Waals surface area contributed by atoms with Crippen LogP contribution in [-0.2, 0) is 0 Å². The third-order valence-corrected chi connectivity index (χ3v) is 1.73. The molecule has 3 nitrogen and oxygen atoms in total. The molecule has 0 aliphatic carbocycles. The van der Waals surface area contributed by atoms with E-state index in [0.717, 1.165) is 0 Å². The van der Waals surface area contributed by atoms with Crippen molar-refractivity contribution in [2.24, 2.45) is 0 Å². The summed E-state index contributed by atoms with van der Waals surface area (Å²) in [6, 6.07) is 6.83. The van der Waals surface area contributed by atoms with Gasteiger partial charge in [-0.15, -0.1) is 0 Å². The van der Waals surface area contributed by atoms with Gasteiger partial charge in [-0.1, -0.05) is 18.2 Å². The monoisotopic (exact) mass is 212 g/mol. The molecule has 0 saturated heterocycles. The number of halogens is 1. The van der Waals surface area contributed by atoms with Crippen LogP contribution >= 0.6 is 0 Å².